The van der Waals surface area contributed by atoms with Crippen molar-refractivity contribution in [2.75, 3.05) is 19.7 Å². The number of nitrogens with one attached hydrogen (secondary N) is 1. The third kappa shape index (κ3) is 1.69. The second-order valence-electron chi connectivity index (χ2n) is 4.13. The molecule has 2 saturated heterocycles. The average molecular weight is 209 g/mol. The molecule has 1 aromatic rings. The van der Waals surface area contributed by atoms with Crippen LogP contribution in [0.25, 0.3) is 0 Å². The number of furan rings is 1. The Hall–Kier alpha value is -0.840. The summed E-state index contributed by atoms with van der Waals surface area (Å²) in [4.78, 5) is 0. The van der Waals surface area contributed by atoms with Gasteiger partial charge in [-0.05, 0) is 6.07 Å². The molecule has 2 aliphatic rings. The summed E-state index contributed by atoms with van der Waals surface area (Å²) in [5.74, 6) is -0.340. The van der Waals surface area contributed by atoms with Crippen LogP contribution in [-0.2, 0) is 9.47 Å². The summed E-state index contributed by atoms with van der Waals surface area (Å²) >= 11 is 0. The largest absolute Gasteiger partial charge is 0.472 e. The second kappa shape index (κ2) is 3.63. The first kappa shape index (κ1) is 9.39. The fourth-order valence-electron chi connectivity index (χ4n) is 2.25. The van der Waals surface area contributed by atoms with Crippen LogP contribution in [0.2, 0.25) is 0 Å². The average Bonchev–Trinajstić information content (AvgIpc) is 2.88. The number of ether oxygens (including phenoxy) is 2. The third-order valence-electron chi connectivity index (χ3n) is 3.14. The molecule has 1 unspecified atom stereocenters. The van der Waals surface area contributed by atoms with Gasteiger partial charge in [0.05, 0.1) is 19.1 Å². The maximum absolute atomic E-state index is 6.01. The zero-order valence-corrected chi connectivity index (χ0v) is 8.57. The Morgan fingerprint density at radius 3 is 2.93 bits per heavy atom. The fourth-order valence-corrected chi connectivity index (χ4v) is 2.25. The van der Waals surface area contributed by atoms with Crippen molar-refractivity contribution >= 4 is 0 Å². The summed E-state index contributed by atoms with van der Waals surface area (Å²) in [6.07, 6.45) is 5.31. The van der Waals surface area contributed by atoms with Crippen LogP contribution < -0.4 is 5.32 Å². The Balaban J connectivity index is 1.72. The highest BCUT2D eigenvalue weighted by Crippen LogP contribution is 2.38. The van der Waals surface area contributed by atoms with E-state index in [0.29, 0.717) is 6.61 Å². The van der Waals surface area contributed by atoms with Crippen molar-refractivity contribution in [2.45, 2.75) is 24.7 Å². The molecular formula is C11H15NO3. The number of hydrogen-bond donors (Lipinski definition) is 1. The Morgan fingerprint density at radius 2 is 2.20 bits per heavy atom. The van der Waals surface area contributed by atoms with Gasteiger partial charge in [-0.3, -0.25) is 0 Å². The molecular weight excluding hydrogens is 194 g/mol. The molecule has 15 heavy (non-hydrogen) atoms. The highest BCUT2D eigenvalue weighted by Gasteiger charge is 2.42. The van der Waals surface area contributed by atoms with E-state index < -0.39 is 0 Å². The Morgan fingerprint density at radius 1 is 1.33 bits per heavy atom. The van der Waals surface area contributed by atoms with Gasteiger partial charge in [0.15, 0.2) is 5.79 Å². The summed E-state index contributed by atoms with van der Waals surface area (Å²) < 4.78 is 16.9. The van der Waals surface area contributed by atoms with E-state index in [2.05, 4.69) is 5.32 Å². The highest BCUT2D eigenvalue weighted by atomic mass is 16.7. The van der Waals surface area contributed by atoms with E-state index in [-0.39, 0.29) is 11.9 Å². The van der Waals surface area contributed by atoms with Crippen molar-refractivity contribution in [1.82, 2.24) is 5.32 Å². The van der Waals surface area contributed by atoms with Gasteiger partial charge in [-0.15, -0.1) is 0 Å². The van der Waals surface area contributed by atoms with Gasteiger partial charge in [-0.25, -0.2) is 0 Å². The third-order valence-corrected chi connectivity index (χ3v) is 3.14. The minimum Gasteiger partial charge on any atom is -0.472 e. The van der Waals surface area contributed by atoms with Crippen LogP contribution in [-0.4, -0.2) is 25.5 Å². The molecule has 1 aromatic heterocycles. The van der Waals surface area contributed by atoms with Crippen molar-refractivity contribution in [3.05, 3.63) is 24.2 Å². The Kier molecular flexibility index (Phi) is 2.27. The summed E-state index contributed by atoms with van der Waals surface area (Å²) in [6.45, 7) is 2.58. The van der Waals surface area contributed by atoms with E-state index in [1.165, 1.54) is 0 Å². The molecule has 1 atom stereocenters. The maximum atomic E-state index is 6.01. The molecule has 0 aliphatic carbocycles. The van der Waals surface area contributed by atoms with Gasteiger partial charge in [0, 0.05) is 31.5 Å². The molecule has 0 radical (unpaired) electrons. The summed E-state index contributed by atoms with van der Waals surface area (Å²) in [5.41, 5.74) is 1.07. The van der Waals surface area contributed by atoms with Crippen molar-refractivity contribution in [1.29, 1.82) is 0 Å². The molecule has 4 heteroatoms. The molecule has 3 rings (SSSR count). The smallest absolute Gasteiger partial charge is 0.171 e. The molecule has 3 heterocycles. The van der Waals surface area contributed by atoms with E-state index >= 15 is 0 Å². The minimum absolute atomic E-state index is 0.0434. The molecule has 0 saturated carbocycles. The first-order valence-electron chi connectivity index (χ1n) is 5.43. The first-order valence-corrected chi connectivity index (χ1v) is 5.43. The molecule has 0 aromatic carbocycles. The van der Waals surface area contributed by atoms with Gasteiger partial charge < -0.3 is 19.2 Å². The van der Waals surface area contributed by atoms with Crippen molar-refractivity contribution in [3.8, 4) is 0 Å². The minimum atomic E-state index is -0.340. The lowest BCUT2D eigenvalue weighted by Crippen LogP contribution is -2.42. The topological polar surface area (TPSA) is 43.6 Å². The molecule has 0 amide bonds. The van der Waals surface area contributed by atoms with Crippen LogP contribution in [0.1, 0.15) is 24.5 Å². The number of rotatable bonds is 1. The summed E-state index contributed by atoms with van der Waals surface area (Å²) in [6, 6.07) is 1.94. The lowest BCUT2D eigenvalue weighted by Gasteiger charge is -2.32. The van der Waals surface area contributed by atoms with Crippen LogP contribution in [0.5, 0.6) is 0 Å². The molecule has 2 fully saturated rings. The monoisotopic (exact) mass is 209 g/mol. The molecule has 1 N–H and O–H groups in total. The number of hydrogen-bond acceptors (Lipinski definition) is 4. The van der Waals surface area contributed by atoms with Gasteiger partial charge in [0.25, 0.3) is 0 Å². The predicted molar refractivity (Wildman–Crippen MR) is 53.3 cm³/mol. The molecule has 82 valence electrons. The van der Waals surface area contributed by atoms with Gasteiger partial charge in [0.2, 0.25) is 0 Å². The van der Waals surface area contributed by atoms with Crippen LogP contribution in [0, 0.1) is 0 Å². The molecule has 0 bridgehead atoms. The predicted octanol–water partition coefficient (Wildman–Crippen LogP) is 1.45. The standard InChI is InChI=1S/C11H15NO3/c1-6-13-7-9(1)10-8-14-11(15-10)2-4-12-5-3-11/h1,6-7,10,12H,2-5,8H2. The highest BCUT2D eigenvalue weighted by molar-refractivity contribution is 5.11. The Bertz CT molecular complexity index is 317. The van der Waals surface area contributed by atoms with Crippen LogP contribution >= 0.6 is 0 Å². The van der Waals surface area contributed by atoms with E-state index in [1.54, 1.807) is 12.5 Å². The van der Waals surface area contributed by atoms with Gasteiger partial charge >= 0.3 is 0 Å². The number of piperidine rings is 1. The summed E-state index contributed by atoms with van der Waals surface area (Å²) in [7, 11) is 0. The lowest BCUT2D eigenvalue weighted by molar-refractivity contribution is -0.183. The first-order chi connectivity index (χ1) is 7.38. The van der Waals surface area contributed by atoms with Gasteiger partial charge in [-0.1, -0.05) is 0 Å². The van der Waals surface area contributed by atoms with Crippen molar-refractivity contribution < 1.29 is 13.9 Å². The SMILES string of the molecule is c1cc(C2COC3(CCNCC3)O2)co1. The molecule has 1 spiro atoms. The van der Waals surface area contributed by atoms with E-state index in [9.17, 15) is 0 Å². The van der Waals surface area contributed by atoms with Crippen LogP contribution in [0.15, 0.2) is 23.0 Å². The normalized spacial score (nSPS) is 29.7. The summed E-state index contributed by atoms with van der Waals surface area (Å²) in [5, 5.41) is 3.31. The van der Waals surface area contributed by atoms with E-state index in [1.807, 2.05) is 6.07 Å². The zero-order valence-electron chi connectivity index (χ0n) is 8.57. The second-order valence-corrected chi connectivity index (χ2v) is 4.13. The molecule has 4 nitrogen and oxygen atoms in total. The maximum Gasteiger partial charge on any atom is 0.171 e. The van der Waals surface area contributed by atoms with Crippen molar-refractivity contribution in [2.24, 2.45) is 0 Å². The molecule has 2 aliphatic heterocycles. The lowest BCUT2D eigenvalue weighted by atomic mass is 10.1. The van der Waals surface area contributed by atoms with Crippen LogP contribution in [0.4, 0.5) is 0 Å². The van der Waals surface area contributed by atoms with Crippen molar-refractivity contribution in [3.63, 3.8) is 0 Å². The van der Waals surface area contributed by atoms with Crippen LogP contribution in [0.3, 0.4) is 0 Å². The fraction of sp³-hybridized carbons (Fsp3) is 0.636. The quantitative estimate of drug-likeness (QED) is 0.760. The van der Waals surface area contributed by atoms with Gasteiger partial charge in [0.1, 0.15) is 6.10 Å². The zero-order chi connectivity index (χ0) is 10.1. The Labute approximate surface area is 88.5 Å². The van der Waals surface area contributed by atoms with E-state index in [0.717, 1.165) is 31.5 Å². The van der Waals surface area contributed by atoms with Gasteiger partial charge in [-0.2, -0.15) is 0 Å². The van der Waals surface area contributed by atoms with E-state index in [4.69, 9.17) is 13.9 Å².